The average molecular weight is 502 g/mol. The van der Waals surface area contributed by atoms with E-state index in [2.05, 4.69) is 16.3 Å². The molecule has 0 aromatic heterocycles. The van der Waals surface area contributed by atoms with Crippen LogP contribution in [-0.2, 0) is 6.61 Å². The topological polar surface area (TPSA) is 44.7 Å². The summed E-state index contributed by atoms with van der Waals surface area (Å²) in [6.07, 6.45) is 5.15. The highest BCUT2D eigenvalue weighted by Crippen LogP contribution is 2.42. The maximum absolute atomic E-state index is 11.6. The van der Waals surface area contributed by atoms with Gasteiger partial charge < -0.3 is 20.1 Å². The van der Waals surface area contributed by atoms with E-state index in [1.807, 2.05) is 42.5 Å². The molecule has 2 N–H and O–H groups in total. The van der Waals surface area contributed by atoms with Gasteiger partial charge in [0.2, 0.25) is 0 Å². The van der Waals surface area contributed by atoms with Crippen molar-refractivity contribution in [1.82, 2.24) is 10.2 Å². The molecule has 2 aromatic carbocycles. The van der Waals surface area contributed by atoms with Crippen LogP contribution in [0.3, 0.4) is 0 Å². The zero-order valence-corrected chi connectivity index (χ0v) is 20.9. The summed E-state index contributed by atoms with van der Waals surface area (Å²) in [5.74, 6) is 0.761. The van der Waals surface area contributed by atoms with Crippen molar-refractivity contribution in [3.63, 3.8) is 0 Å². The van der Waals surface area contributed by atoms with Crippen LogP contribution in [-0.4, -0.2) is 48.3 Å². The monoisotopic (exact) mass is 500 g/mol. The van der Waals surface area contributed by atoms with Gasteiger partial charge in [-0.05, 0) is 36.1 Å². The van der Waals surface area contributed by atoms with Crippen LogP contribution in [0.1, 0.15) is 49.1 Å². The molecule has 0 radical (unpaired) electrons. The lowest BCUT2D eigenvalue weighted by atomic mass is 9.72. The van der Waals surface area contributed by atoms with Gasteiger partial charge in [-0.25, -0.2) is 0 Å². The Bertz CT molecular complexity index is 810. The van der Waals surface area contributed by atoms with Crippen molar-refractivity contribution in [3.05, 3.63) is 64.7 Å². The third-order valence-corrected chi connectivity index (χ3v) is 6.91. The molecule has 2 aliphatic rings. The highest BCUT2D eigenvalue weighted by atomic mass is 35.5. The molecule has 4 nitrogen and oxygen atoms in total. The zero-order valence-electron chi connectivity index (χ0n) is 18.5. The molecule has 0 amide bonds. The lowest BCUT2D eigenvalue weighted by Gasteiger charge is -2.42. The molecule has 0 unspecified atom stereocenters. The summed E-state index contributed by atoms with van der Waals surface area (Å²) >= 11 is 6.64. The number of ether oxygens (including phenoxy) is 1. The minimum Gasteiger partial charge on any atom is -0.487 e. The average Bonchev–Trinajstić information content (AvgIpc) is 2.78. The van der Waals surface area contributed by atoms with Crippen LogP contribution >= 0.6 is 36.4 Å². The summed E-state index contributed by atoms with van der Waals surface area (Å²) in [4.78, 5) is 2.47. The minimum absolute atomic E-state index is 0. The van der Waals surface area contributed by atoms with Crippen LogP contribution in [0.5, 0.6) is 5.75 Å². The van der Waals surface area contributed by atoms with Crippen molar-refractivity contribution < 1.29 is 9.84 Å². The molecule has 32 heavy (non-hydrogen) atoms. The van der Waals surface area contributed by atoms with Gasteiger partial charge in [0, 0.05) is 38.6 Å². The second-order valence-electron chi connectivity index (χ2n) is 8.73. The number of nitrogens with one attached hydrogen (secondary N) is 1. The Hall–Kier alpha value is -1.01. The molecule has 1 atom stereocenters. The molecule has 2 aromatic rings. The number of aliphatic hydroxyl groups is 1. The van der Waals surface area contributed by atoms with Gasteiger partial charge in [0.25, 0.3) is 0 Å². The number of rotatable bonds is 7. The van der Waals surface area contributed by atoms with Gasteiger partial charge in [-0.3, -0.25) is 0 Å². The third kappa shape index (κ3) is 6.99. The van der Waals surface area contributed by atoms with Crippen LogP contribution in [0, 0.1) is 0 Å². The van der Waals surface area contributed by atoms with Gasteiger partial charge in [0.05, 0.1) is 10.6 Å². The Kier molecular flexibility index (Phi) is 11.1. The quantitative estimate of drug-likeness (QED) is 0.530. The van der Waals surface area contributed by atoms with Gasteiger partial charge in [-0.2, -0.15) is 0 Å². The van der Waals surface area contributed by atoms with Crippen molar-refractivity contribution >= 4 is 36.4 Å². The number of piperazine rings is 1. The van der Waals surface area contributed by atoms with Gasteiger partial charge in [-0.1, -0.05) is 67.3 Å². The molecule has 1 heterocycles. The molecule has 2 fully saturated rings. The lowest BCUT2D eigenvalue weighted by molar-refractivity contribution is -0.0316. The predicted molar refractivity (Wildman–Crippen MR) is 137 cm³/mol. The highest BCUT2D eigenvalue weighted by molar-refractivity contribution is 6.32. The first-order valence-corrected chi connectivity index (χ1v) is 11.6. The van der Waals surface area contributed by atoms with E-state index in [0.29, 0.717) is 17.4 Å². The van der Waals surface area contributed by atoms with Crippen molar-refractivity contribution in [2.24, 2.45) is 0 Å². The molecule has 1 saturated carbocycles. The summed E-state index contributed by atoms with van der Waals surface area (Å²) in [6, 6.07) is 16.2. The summed E-state index contributed by atoms with van der Waals surface area (Å²) in [7, 11) is 0. The van der Waals surface area contributed by atoms with Gasteiger partial charge in [-0.15, -0.1) is 24.8 Å². The first-order valence-electron chi connectivity index (χ1n) is 11.3. The fourth-order valence-corrected chi connectivity index (χ4v) is 5.08. The van der Waals surface area contributed by atoms with E-state index >= 15 is 0 Å². The molecular formula is C25H35Cl3N2O2. The fraction of sp³-hybridized carbons (Fsp3) is 0.520. The van der Waals surface area contributed by atoms with Crippen LogP contribution in [0.4, 0.5) is 0 Å². The second kappa shape index (κ2) is 13.0. The van der Waals surface area contributed by atoms with E-state index in [9.17, 15) is 5.11 Å². The van der Waals surface area contributed by atoms with Crippen LogP contribution < -0.4 is 10.1 Å². The largest absolute Gasteiger partial charge is 0.487 e. The van der Waals surface area contributed by atoms with Crippen molar-refractivity contribution in [2.45, 2.75) is 50.2 Å². The summed E-state index contributed by atoms with van der Waals surface area (Å²) in [5, 5.41) is 15.6. The van der Waals surface area contributed by atoms with E-state index in [0.717, 1.165) is 69.5 Å². The number of hydrogen-bond donors (Lipinski definition) is 2. The third-order valence-electron chi connectivity index (χ3n) is 6.61. The zero-order chi connectivity index (χ0) is 20.8. The van der Waals surface area contributed by atoms with E-state index in [-0.39, 0.29) is 30.7 Å². The van der Waals surface area contributed by atoms with E-state index in [1.165, 1.54) is 6.42 Å². The summed E-state index contributed by atoms with van der Waals surface area (Å²) < 4.78 is 5.97. The van der Waals surface area contributed by atoms with E-state index in [1.54, 1.807) is 0 Å². The standard InChI is InChI=1S/C25H33ClN2O2.2ClH/c26-23-17-21(9-10-24(23)30-19-20-7-3-1-4-8-20)22(18-28-15-13-27-14-16-28)25(29)11-5-2-6-12-25;;/h1,3-4,7-10,17,22,27,29H,2,5-6,11-16,18-19H2;2*1H/t22-;;/m0../s1. The van der Waals surface area contributed by atoms with Crippen molar-refractivity contribution in [3.8, 4) is 5.75 Å². The molecule has 7 heteroatoms. The van der Waals surface area contributed by atoms with Crippen molar-refractivity contribution in [1.29, 1.82) is 0 Å². The summed E-state index contributed by atoms with van der Waals surface area (Å²) in [5.41, 5.74) is 1.58. The second-order valence-corrected chi connectivity index (χ2v) is 9.14. The smallest absolute Gasteiger partial charge is 0.138 e. The fourth-order valence-electron chi connectivity index (χ4n) is 4.84. The van der Waals surface area contributed by atoms with Crippen LogP contribution in [0.25, 0.3) is 0 Å². The van der Waals surface area contributed by atoms with Gasteiger partial charge in [0.1, 0.15) is 12.4 Å². The van der Waals surface area contributed by atoms with Crippen LogP contribution in [0.15, 0.2) is 48.5 Å². The molecule has 178 valence electrons. The Labute approximate surface area is 209 Å². The summed E-state index contributed by atoms with van der Waals surface area (Å²) in [6.45, 7) is 5.44. The van der Waals surface area contributed by atoms with E-state index in [4.69, 9.17) is 16.3 Å². The maximum atomic E-state index is 11.6. The molecule has 0 spiro atoms. The highest BCUT2D eigenvalue weighted by Gasteiger charge is 2.39. The Balaban J connectivity index is 0.00000181. The van der Waals surface area contributed by atoms with Gasteiger partial charge >= 0.3 is 0 Å². The Morgan fingerprint density at radius 2 is 1.69 bits per heavy atom. The SMILES string of the molecule is Cl.Cl.OC1([C@@H](CN2CCNCC2)c2ccc(OCc3ccccc3)c(Cl)c2)CCCCC1. The van der Waals surface area contributed by atoms with Gasteiger partial charge in [0.15, 0.2) is 0 Å². The molecule has 1 aliphatic carbocycles. The molecule has 1 saturated heterocycles. The van der Waals surface area contributed by atoms with E-state index < -0.39 is 5.60 Å². The number of benzene rings is 2. The number of hydrogen-bond acceptors (Lipinski definition) is 4. The van der Waals surface area contributed by atoms with Crippen LogP contribution in [0.2, 0.25) is 5.02 Å². The van der Waals surface area contributed by atoms with Crippen molar-refractivity contribution in [2.75, 3.05) is 32.7 Å². The Morgan fingerprint density at radius 3 is 2.34 bits per heavy atom. The molecular weight excluding hydrogens is 467 g/mol. The number of halogens is 3. The number of nitrogens with zero attached hydrogens (tertiary/aromatic N) is 1. The molecule has 4 rings (SSSR count). The minimum atomic E-state index is -0.654. The first kappa shape index (κ1) is 27.2. The molecule has 0 bridgehead atoms. The first-order chi connectivity index (χ1) is 14.6. The predicted octanol–water partition coefficient (Wildman–Crippen LogP) is 5.45. The Morgan fingerprint density at radius 1 is 1.00 bits per heavy atom. The lowest BCUT2D eigenvalue weighted by Crippen LogP contribution is -2.49. The molecule has 1 aliphatic heterocycles. The maximum Gasteiger partial charge on any atom is 0.138 e. The normalized spacial score (nSPS) is 19.3.